The van der Waals surface area contributed by atoms with Crippen molar-refractivity contribution in [2.75, 3.05) is 13.1 Å². The Bertz CT molecular complexity index is 784. The molecule has 128 valence electrons. The van der Waals surface area contributed by atoms with Gasteiger partial charge in [0.15, 0.2) is 0 Å². The molecule has 1 aliphatic rings. The lowest BCUT2D eigenvalue weighted by atomic mass is 9.97. The second kappa shape index (κ2) is 7.57. The van der Waals surface area contributed by atoms with Crippen LogP contribution in [0.3, 0.4) is 0 Å². The lowest BCUT2D eigenvalue weighted by Gasteiger charge is -2.32. The first-order chi connectivity index (χ1) is 12.4. The van der Waals surface area contributed by atoms with Gasteiger partial charge in [-0.2, -0.15) is 0 Å². The second-order valence-electron chi connectivity index (χ2n) is 6.70. The average molecular weight is 333 g/mol. The van der Waals surface area contributed by atoms with E-state index in [1.165, 1.54) is 18.4 Å². The Morgan fingerprint density at radius 3 is 2.72 bits per heavy atom. The van der Waals surface area contributed by atoms with Crippen molar-refractivity contribution in [2.45, 2.75) is 31.8 Å². The summed E-state index contributed by atoms with van der Waals surface area (Å²) in [6, 6.07) is 16.6. The Kier molecular flexibility index (Phi) is 4.84. The molecule has 0 aliphatic carbocycles. The zero-order valence-electron chi connectivity index (χ0n) is 14.3. The van der Waals surface area contributed by atoms with Gasteiger partial charge in [0.2, 0.25) is 0 Å². The van der Waals surface area contributed by atoms with E-state index >= 15 is 0 Å². The van der Waals surface area contributed by atoms with Gasteiger partial charge in [-0.05, 0) is 37.1 Å². The quantitative estimate of drug-likeness (QED) is 0.720. The van der Waals surface area contributed by atoms with Crippen molar-refractivity contribution >= 4 is 0 Å². The van der Waals surface area contributed by atoms with E-state index in [9.17, 15) is 0 Å². The molecule has 1 atom stereocenters. The lowest BCUT2D eigenvalue weighted by Crippen LogP contribution is -2.35. The molecule has 0 unspecified atom stereocenters. The van der Waals surface area contributed by atoms with Gasteiger partial charge in [0.25, 0.3) is 0 Å². The number of nitrogens with zero attached hydrogens (tertiary/aromatic N) is 5. The molecule has 1 saturated heterocycles. The first-order valence-corrected chi connectivity index (χ1v) is 8.92. The molecule has 0 radical (unpaired) electrons. The number of pyridine rings is 1. The first kappa shape index (κ1) is 16.0. The van der Waals surface area contributed by atoms with Gasteiger partial charge in [-0.15, -0.1) is 10.2 Å². The molecular formula is C20H23N5. The van der Waals surface area contributed by atoms with Crippen LogP contribution in [0.5, 0.6) is 0 Å². The predicted octanol–water partition coefficient (Wildman–Crippen LogP) is 3.10. The fourth-order valence-corrected chi connectivity index (χ4v) is 3.61. The van der Waals surface area contributed by atoms with E-state index in [0.29, 0.717) is 5.92 Å². The summed E-state index contributed by atoms with van der Waals surface area (Å²) in [6.45, 7) is 3.88. The van der Waals surface area contributed by atoms with E-state index in [4.69, 9.17) is 0 Å². The fourth-order valence-electron chi connectivity index (χ4n) is 3.61. The highest BCUT2D eigenvalue weighted by Gasteiger charge is 2.25. The van der Waals surface area contributed by atoms with E-state index in [2.05, 4.69) is 61.0 Å². The number of hydrogen-bond donors (Lipinski definition) is 0. The van der Waals surface area contributed by atoms with Crippen molar-refractivity contribution in [1.29, 1.82) is 0 Å². The summed E-state index contributed by atoms with van der Waals surface area (Å²) in [5, 5.41) is 8.63. The van der Waals surface area contributed by atoms with Crippen LogP contribution < -0.4 is 0 Å². The minimum atomic E-state index is 0.434. The van der Waals surface area contributed by atoms with Gasteiger partial charge in [0.1, 0.15) is 12.2 Å². The SMILES string of the molecule is c1ccc(Cn2cnnc2[C@@H]2CCCN(Cc3ccccn3)C2)cc1. The van der Waals surface area contributed by atoms with Crippen LogP contribution in [0.1, 0.15) is 35.8 Å². The molecule has 1 aliphatic heterocycles. The minimum Gasteiger partial charge on any atom is -0.313 e. The van der Waals surface area contributed by atoms with Crippen molar-refractivity contribution in [2.24, 2.45) is 0 Å². The van der Waals surface area contributed by atoms with E-state index in [0.717, 1.165) is 37.7 Å². The van der Waals surface area contributed by atoms with Crippen molar-refractivity contribution in [3.8, 4) is 0 Å². The normalized spacial score (nSPS) is 18.3. The van der Waals surface area contributed by atoms with Crippen molar-refractivity contribution in [3.05, 3.63) is 78.1 Å². The fraction of sp³-hybridized carbons (Fsp3) is 0.350. The number of benzene rings is 1. The van der Waals surface area contributed by atoms with Crippen LogP contribution in [0.2, 0.25) is 0 Å². The summed E-state index contributed by atoms with van der Waals surface area (Å²) >= 11 is 0. The summed E-state index contributed by atoms with van der Waals surface area (Å²) in [5.41, 5.74) is 2.42. The zero-order chi connectivity index (χ0) is 16.9. The Labute approximate surface area is 148 Å². The maximum absolute atomic E-state index is 4.46. The van der Waals surface area contributed by atoms with E-state index < -0.39 is 0 Å². The predicted molar refractivity (Wildman–Crippen MR) is 97.1 cm³/mol. The van der Waals surface area contributed by atoms with Crippen LogP contribution >= 0.6 is 0 Å². The van der Waals surface area contributed by atoms with Gasteiger partial charge in [-0.3, -0.25) is 9.88 Å². The van der Waals surface area contributed by atoms with E-state index in [1.807, 2.05) is 24.7 Å². The summed E-state index contributed by atoms with van der Waals surface area (Å²) in [7, 11) is 0. The summed E-state index contributed by atoms with van der Waals surface area (Å²) in [6.07, 6.45) is 6.09. The number of aromatic nitrogens is 4. The van der Waals surface area contributed by atoms with Crippen molar-refractivity contribution in [3.63, 3.8) is 0 Å². The third-order valence-electron chi connectivity index (χ3n) is 4.82. The van der Waals surface area contributed by atoms with Gasteiger partial charge in [0.05, 0.1) is 12.2 Å². The Hall–Kier alpha value is -2.53. The van der Waals surface area contributed by atoms with Crippen LogP contribution in [0.15, 0.2) is 61.1 Å². The Morgan fingerprint density at radius 1 is 1.00 bits per heavy atom. The molecule has 0 spiro atoms. The topological polar surface area (TPSA) is 46.8 Å². The summed E-state index contributed by atoms with van der Waals surface area (Å²) in [5.74, 6) is 1.54. The van der Waals surface area contributed by atoms with E-state index in [1.54, 1.807) is 0 Å². The van der Waals surface area contributed by atoms with E-state index in [-0.39, 0.29) is 0 Å². The average Bonchev–Trinajstić information content (AvgIpc) is 3.12. The summed E-state index contributed by atoms with van der Waals surface area (Å²) < 4.78 is 2.20. The van der Waals surface area contributed by atoms with Crippen LogP contribution in [-0.2, 0) is 13.1 Å². The second-order valence-corrected chi connectivity index (χ2v) is 6.70. The summed E-state index contributed by atoms with van der Waals surface area (Å²) in [4.78, 5) is 6.94. The number of piperidine rings is 1. The van der Waals surface area contributed by atoms with Crippen LogP contribution in [-0.4, -0.2) is 37.7 Å². The van der Waals surface area contributed by atoms with Gasteiger partial charge < -0.3 is 4.57 Å². The molecule has 0 N–H and O–H groups in total. The molecule has 5 heteroatoms. The Balaban J connectivity index is 1.46. The number of likely N-dealkylation sites (tertiary alicyclic amines) is 1. The molecule has 3 aromatic rings. The highest BCUT2D eigenvalue weighted by molar-refractivity contribution is 5.16. The minimum absolute atomic E-state index is 0.434. The molecule has 5 nitrogen and oxygen atoms in total. The molecule has 25 heavy (non-hydrogen) atoms. The maximum atomic E-state index is 4.46. The largest absolute Gasteiger partial charge is 0.313 e. The molecule has 1 aromatic carbocycles. The van der Waals surface area contributed by atoms with Gasteiger partial charge in [-0.25, -0.2) is 0 Å². The molecule has 1 fully saturated rings. The Morgan fingerprint density at radius 2 is 1.88 bits per heavy atom. The molecule has 0 amide bonds. The third kappa shape index (κ3) is 3.94. The van der Waals surface area contributed by atoms with Crippen molar-refractivity contribution in [1.82, 2.24) is 24.6 Å². The molecule has 3 heterocycles. The third-order valence-corrected chi connectivity index (χ3v) is 4.82. The zero-order valence-corrected chi connectivity index (χ0v) is 14.3. The van der Waals surface area contributed by atoms with Gasteiger partial charge >= 0.3 is 0 Å². The smallest absolute Gasteiger partial charge is 0.137 e. The molecule has 4 rings (SSSR count). The first-order valence-electron chi connectivity index (χ1n) is 8.92. The van der Waals surface area contributed by atoms with Gasteiger partial charge in [0, 0.05) is 25.2 Å². The molecule has 0 saturated carbocycles. The maximum Gasteiger partial charge on any atom is 0.137 e. The molecule has 0 bridgehead atoms. The highest BCUT2D eigenvalue weighted by Crippen LogP contribution is 2.26. The standard InChI is InChI=1S/C20H23N5/c1-2-7-17(8-3-1)13-25-16-22-23-20(25)18-9-6-12-24(14-18)15-19-10-4-5-11-21-19/h1-5,7-8,10-11,16,18H,6,9,12-15H2/t18-/m1/s1. The van der Waals surface area contributed by atoms with Crippen LogP contribution in [0.4, 0.5) is 0 Å². The number of rotatable bonds is 5. The lowest BCUT2D eigenvalue weighted by molar-refractivity contribution is 0.192. The molecular weight excluding hydrogens is 310 g/mol. The highest BCUT2D eigenvalue weighted by atomic mass is 15.3. The van der Waals surface area contributed by atoms with Crippen LogP contribution in [0.25, 0.3) is 0 Å². The van der Waals surface area contributed by atoms with Crippen molar-refractivity contribution < 1.29 is 0 Å². The molecule has 2 aromatic heterocycles. The monoisotopic (exact) mass is 333 g/mol. The number of hydrogen-bond acceptors (Lipinski definition) is 4. The van der Waals surface area contributed by atoms with Crippen LogP contribution in [0, 0.1) is 0 Å². The van der Waals surface area contributed by atoms with Gasteiger partial charge in [-0.1, -0.05) is 36.4 Å².